The van der Waals surface area contributed by atoms with Gasteiger partial charge in [0.05, 0.1) is 6.61 Å². The summed E-state index contributed by atoms with van der Waals surface area (Å²) < 4.78 is 45.2. The number of nitrogens with two attached hydrogens (primary N) is 1. The third kappa shape index (κ3) is 3.82. The Hall–Kier alpha value is -1.83. The Labute approximate surface area is 107 Å². The third-order valence-electron chi connectivity index (χ3n) is 2.26. The molecule has 1 aromatic heterocycles. The van der Waals surface area contributed by atoms with Gasteiger partial charge in [0.2, 0.25) is 5.88 Å². The van der Waals surface area contributed by atoms with Crippen molar-refractivity contribution in [1.82, 2.24) is 4.98 Å². The van der Waals surface area contributed by atoms with E-state index in [0.29, 0.717) is 5.56 Å². The van der Waals surface area contributed by atoms with Gasteiger partial charge in [-0.2, -0.15) is 0 Å². The zero-order chi connectivity index (χ0) is 14.6. The maximum absolute atomic E-state index is 12.3. The first-order chi connectivity index (χ1) is 8.80. The Morgan fingerprint density at radius 3 is 2.58 bits per heavy atom. The monoisotopic (exact) mass is 278 g/mol. The topological polar surface area (TPSA) is 74.4 Å². The quantitative estimate of drug-likeness (QED) is 0.852. The SMILES string of the molecule is CCOC(=O)c1c(OC(F)(F)F)ncc(C)c1CN. The van der Waals surface area contributed by atoms with E-state index in [-0.39, 0.29) is 24.3 Å². The summed E-state index contributed by atoms with van der Waals surface area (Å²) in [6.07, 6.45) is -3.79. The fourth-order valence-electron chi connectivity index (χ4n) is 1.49. The van der Waals surface area contributed by atoms with Gasteiger partial charge in [0, 0.05) is 12.7 Å². The zero-order valence-corrected chi connectivity index (χ0v) is 10.4. The van der Waals surface area contributed by atoms with Crippen molar-refractivity contribution in [3.05, 3.63) is 22.9 Å². The van der Waals surface area contributed by atoms with Crippen LogP contribution in [0.4, 0.5) is 13.2 Å². The van der Waals surface area contributed by atoms with Crippen molar-refractivity contribution in [2.24, 2.45) is 5.73 Å². The first-order valence-electron chi connectivity index (χ1n) is 5.41. The van der Waals surface area contributed by atoms with Crippen LogP contribution in [0.25, 0.3) is 0 Å². The van der Waals surface area contributed by atoms with Crippen LogP contribution in [0.2, 0.25) is 0 Å². The number of ether oxygens (including phenoxy) is 2. The van der Waals surface area contributed by atoms with E-state index in [1.165, 1.54) is 6.92 Å². The van der Waals surface area contributed by atoms with E-state index in [1.807, 2.05) is 0 Å². The highest BCUT2D eigenvalue weighted by Crippen LogP contribution is 2.28. The summed E-state index contributed by atoms with van der Waals surface area (Å²) >= 11 is 0. The minimum absolute atomic E-state index is 0.0161. The zero-order valence-electron chi connectivity index (χ0n) is 10.4. The molecule has 0 fully saturated rings. The number of pyridine rings is 1. The van der Waals surface area contributed by atoms with Crippen LogP contribution in [0, 0.1) is 6.92 Å². The minimum Gasteiger partial charge on any atom is -0.462 e. The molecule has 1 heterocycles. The number of hydrogen-bond acceptors (Lipinski definition) is 5. The van der Waals surface area contributed by atoms with Crippen molar-refractivity contribution >= 4 is 5.97 Å². The summed E-state index contributed by atoms with van der Waals surface area (Å²) in [4.78, 5) is 15.2. The summed E-state index contributed by atoms with van der Waals surface area (Å²) in [5.74, 6) is -1.80. The molecule has 0 bridgehead atoms. The molecule has 0 radical (unpaired) electrons. The molecule has 0 aliphatic heterocycles. The normalized spacial score (nSPS) is 11.3. The van der Waals surface area contributed by atoms with E-state index in [9.17, 15) is 18.0 Å². The smallest absolute Gasteiger partial charge is 0.462 e. The molecule has 1 rings (SSSR count). The number of alkyl halides is 3. The van der Waals surface area contributed by atoms with Crippen molar-refractivity contribution in [2.45, 2.75) is 26.8 Å². The average molecular weight is 278 g/mol. The molecule has 0 aliphatic rings. The van der Waals surface area contributed by atoms with Crippen LogP contribution in [0.5, 0.6) is 5.88 Å². The number of aromatic nitrogens is 1. The summed E-state index contributed by atoms with van der Waals surface area (Å²) in [5, 5.41) is 0. The van der Waals surface area contributed by atoms with Gasteiger partial charge in [0.15, 0.2) is 0 Å². The van der Waals surface area contributed by atoms with Crippen LogP contribution in [-0.2, 0) is 11.3 Å². The van der Waals surface area contributed by atoms with Crippen LogP contribution in [-0.4, -0.2) is 23.9 Å². The largest absolute Gasteiger partial charge is 0.574 e. The molecule has 2 N–H and O–H groups in total. The van der Waals surface area contributed by atoms with Gasteiger partial charge in [-0.05, 0) is 25.0 Å². The van der Waals surface area contributed by atoms with Gasteiger partial charge in [-0.1, -0.05) is 0 Å². The van der Waals surface area contributed by atoms with Gasteiger partial charge in [-0.3, -0.25) is 0 Å². The molecule has 19 heavy (non-hydrogen) atoms. The summed E-state index contributed by atoms with van der Waals surface area (Å²) in [5.41, 5.74) is 5.76. The highest BCUT2D eigenvalue weighted by atomic mass is 19.4. The molecule has 8 heteroatoms. The molecule has 106 valence electrons. The van der Waals surface area contributed by atoms with Crippen LogP contribution < -0.4 is 10.5 Å². The maximum Gasteiger partial charge on any atom is 0.574 e. The van der Waals surface area contributed by atoms with E-state index in [4.69, 9.17) is 10.5 Å². The Morgan fingerprint density at radius 1 is 1.47 bits per heavy atom. The lowest BCUT2D eigenvalue weighted by Gasteiger charge is -2.15. The first-order valence-corrected chi connectivity index (χ1v) is 5.41. The predicted octanol–water partition coefficient (Wildman–Crippen LogP) is 1.92. The number of nitrogens with zero attached hydrogens (tertiary/aromatic N) is 1. The second kappa shape index (κ2) is 5.87. The number of aryl methyl sites for hydroxylation is 1. The van der Waals surface area contributed by atoms with Gasteiger partial charge in [0.1, 0.15) is 5.56 Å². The molecule has 0 aliphatic carbocycles. The summed E-state index contributed by atoms with van der Waals surface area (Å²) in [6, 6.07) is 0. The van der Waals surface area contributed by atoms with Crippen LogP contribution in [0.15, 0.2) is 6.20 Å². The Morgan fingerprint density at radius 2 is 2.11 bits per heavy atom. The van der Waals surface area contributed by atoms with Crippen molar-refractivity contribution in [3.8, 4) is 5.88 Å². The van der Waals surface area contributed by atoms with Gasteiger partial charge in [-0.25, -0.2) is 9.78 Å². The number of carbonyl (C=O) groups excluding carboxylic acids is 1. The van der Waals surface area contributed by atoms with Gasteiger partial charge in [0.25, 0.3) is 0 Å². The number of esters is 1. The molecule has 0 saturated heterocycles. The molecule has 1 aromatic rings. The minimum atomic E-state index is -4.95. The van der Waals surface area contributed by atoms with E-state index >= 15 is 0 Å². The fourth-order valence-corrected chi connectivity index (χ4v) is 1.49. The summed E-state index contributed by atoms with van der Waals surface area (Å²) in [6.45, 7) is 3.00. The first kappa shape index (κ1) is 15.2. The molecule has 0 amide bonds. The lowest BCUT2D eigenvalue weighted by atomic mass is 10.1. The molecule has 0 atom stereocenters. The second-order valence-electron chi connectivity index (χ2n) is 3.57. The number of carbonyl (C=O) groups is 1. The molecule has 0 saturated carbocycles. The van der Waals surface area contributed by atoms with E-state index in [1.54, 1.807) is 6.92 Å². The van der Waals surface area contributed by atoms with E-state index in [0.717, 1.165) is 6.20 Å². The molecule has 0 aromatic carbocycles. The van der Waals surface area contributed by atoms with Gasteiger partial charge < -0.3 is 15.2 Å². The average Bonchev–Trinajstić information content (AvgIpc) is 2.29. The second-order valence-corrected chi connectivity index (χ2v) is 3.57. The number of rotatable bonds is 4. The lowest BCUT2D eigenvalue weighted by molar-refractivity contribution is -0.276. The maximum atomic E-state index is 12.3. The van der Waals surface area contributed by atoms with E-state index in [2.05, 4.69) is 9.72 Å². The third-order valence-corrected chi connectivity index (χ3v) is 2.26. The Kier molecular flexibility index (Phi) is 4.71. The molecule has 5 nitrogen and oxygen atoms in total. The predicted molar refractivity (Wildman–Crippen MR) is 59.5 cm³/mol. The molecular formula is C11H13F3N2O3. The highest BCUT2D eigenvalue weighted by Gasteiger charge is 2.35. The standard InChI is InChI=1S/C11H13F3N2O3/c1-3-18-10(17)8-7(4-15)6(2)5-16-9(8)19-11(12,13)14/h5H,3-4,15H2,1-2H3. The van der Waals surface area contributed by atoms with Crippen molar-refractivity contribution in [3.63, 3.8) is 0 Å². The van der Waals surface area contributed by atoms with Crippen LogP contribution in [0.3, 0.4) is 0 Å². The lowest BCUT2D eigenvalue weighted by Crippen LogP contribution is -2.22. The van der Waals surface area contributed by atoms with Crippen molar-refractivity contribution in [1.29, 1.82) is 0 Å². The number of halogens is 3. The molecule has 0 spiro atoms. The van der Waals surface area contributed by atoms with Gasteiger partial charge >= 0.3 is 12.3 Å². The van der Waals surface area contributed by atoms with Crippen molar-refractivity contribution in [2.75, 3.05) is 6.61 Å². The van der Waals surface area contributed by atoms with Crippen LogP contribution in [0.1, 0.15) is 28.4 Å². The van der Waals surface area contributed by atoms with Crippen LogP contribution >= 0.6 is 0 Å². The van der Waals surface area contributed by atoms with E-state index < -0.39 is 18.2 Å². The highest BCUT2D eigenvalue weighted by molar-refractivity contribution is 5.94. The fraction of sp³-hybridized carbons (Fsp3) is 0.455. The molecular weight excluding hydrogens is 265 g/mol. The summed E-state index contributed by atoms with van der Waals surface area (Å²) in [7, 11) is 0. The Bertz CT molecular complexity index is 475. The Balaban J connectivity index is 3.34. The van der Waals surface area contributed by atoms with Crippen molar-refractivity contribution < 1.29 is 27.4 Å². The molecule has 0 unspecified atom stereocenters. The van der Waals surface area contributed by atoms with Gasteiger partial charge in [-0.15, -0.1) is 13.2 Å². The number of hydrogen-bond donors (Lipinski definition) is 1.